The average molecular weight is 1300 g/mol. The van der Waals surface area contributed by atoms with Gasteiger partial charge in [-0.05, 0) is 200 Å². The van der Waals surface area contributed by atoms with Crippen molar-refractivity contribution in [1.29, 1.82) is 0 Å². The van der Waals surface area contributed by atoms with E-state index < -0.39 is 53.6 Å². The smallest absolute Gasteiger partial charge is 0.343 e. The molecule has 0 heterocycles. The first-order valence-electron chi connectivity index (χ1n) is 31.0. The monoisotopic (exact) mass is 1300 g/mol. The van der Waals surface area contributed by atoms with Crippen LogP contribution in [0.15, 0.2) is 224 Å². The van der Waals surface area contributed by atoms with Crippen LogP contribution in [0.25, 0.3) is 22.3 Å². The molecule has 19 nitrogen and oxygen atoms in total. The van der Waals surface area contributed by atoms with Crippen molar-refractivity contribution in [3.05, 3.63) is 252 Å². The Hall–Kier alpha value is -11.7. The average Bonchev–Trinajstić information content (AvgIpc) is 0.958. The first-order chi connectivity index (χ1) is 46.7. The van der Waals surface area contributed by atoms with Crippen LogP contribution in [0.2, 0.25) is 0 Å². The van der Waals surface area contributed by atoms with Gasteiger partial charge in [-0.15, -0.1) is 0 Å². The number of rotatable bonds is 28. The lowest BCUT2D eigenvalue weighted by Crippen LogP contribution is -2.38. The summed E-state index contributed by atoms with van der Waals surface area (Å²) in [6.45, 7) is 1.22. The zero-order valence-electron chi connectivity index (χ0n) is 52.9. The summed E-state index contributed by atoms with van der Waals surface area (Å²) in [7, 11) is 3.21. The first kappa shape index (κ1) is 67.2. The lowest BCUT2D eigenvalue weighted by Gasteiger charge is -2.31. The fourth-order valence-corrected chi connectivity index (χ4v) is 10.5. The maximum absolute atomic E-state index is 13.7. The molecule has 10 rings (SSSR count). The molecule has 0 spiro atoms. The number of ether oxygens (including phenoxy) is 11. The van der Waals surface area contributed by atoms with E-state index in [9.17, 15) is 33.6 Å². The number of amides is 1. The molecule has 0 aromatic heterocycles. The van der Waals surface area contributed by atoms with Gasteiger partial charge in [0.15, 0.2) is 0 Å². The molecule has 19 heteroatoms. The van der Waals surface area contributed by atoms with Crippen LogP contribution in [-0.4, -0.2) is 95.6 Å². The van der Waals surface area contributed by atoms with Crippen LogP contribution in [0.4, 0.5) is 0 Å². The molecule has 3 atom stereocenters. The molecule has 490 valence electrons. The number of hydrogen-bond acceptors (Lipinski definition) is 18. The molecule has 1 amide bonds. The highest BCUT2D eigenvalue weighted by atomic mass is 16.6. The molecule has 1 aliphatic rings. The maximum Gasteiger partial charge on any atom is 0.343 e. The Balaban J connectivity index is 0.683. The van der Waals surface area contributed by atoms with Crippen molar-refractivity contribution in [3.63, 3.8) is 0 Å². The molecule has 0 bridgehead atoms. The van der Waals surface area contributed by atoms with Gasteiger partial charge in [0.25, 0.3) is 5.91 Å². The summed E-state index contributed by atoms with van der Waals surface area (Å²) in [5, 5.41) is 2.96. The van der Waals surface area contributed by atoms with Crippen LogP contribution < -0.4 is 43.2 Å². The van der Waals surface area contributed by atoms with Crippen molar-refractivity contribution in [1.82, 2.24) is 5.32 Å². The Morgan fingerprint density at radius 1 is 0.333 bits per heavy atom. The normalized spacial score (nSPS) is 14.3. The number of benzene rings is 9. The summed E-state index contributed by atoms with van der Waals surface area (Å²) in [4.78, 5) is 93.0. The van der Waals surface area contributed by atoms with Gasteiger partial charge in [0.05, 0.1) is 54.7 Å². The highest BCUT2D eigenvalue weighted by molar-refractivity contribution is 5.95. The third kappa shape index (κ3) is 19.0. The van der Waals surface area contributed by atoms with Gasteiger partial charge < -0.3 is 57.4 Å². The summed E-state index contributed by atoms with van der Waals surface area (Å²) in [5.74, 6) is -3.00. The van der Waals surface area contributed by atoms with E-state index in [1.54, 1.807) is 111 Å². The largest absolute Gasteiger partial charge is 0.497 e. The van der Waals surface area contributed by atoms with Gasteiger partial charge in [-0.1, -0.05) is 78.9 Å². The van der Waals surface area contributed by atoms with E-state index in [1.807, 2.05) is 110 Å². The third-order valence-corrected chi connectivity index (χ3v) is 15.7. The van der Waals surface area contributed by atoms with Crippen molar-refractivity contribution in [2.75, 3.05) is 53.9 Å². The zero-order chi connectivity index (χ0) is 67.2. The Labute approximate surface area is 554 Å². The fraction of sp³-hybridized carbons (Fsp3) is 0.208. The van der Waals surface area contributed by atoms with E-state index >= 15 is 0 Å². The summed E-state index contributed by atoms with van der Waals surface area (Å²) in [6, 6.07) is 63.8. The summed E-state index contributed by atoms with van der Waals surface area (Å²) >= 11 is 0. The SMILES string of the molecule is COc1ccc(-c2ccc(OC(=O)c3ccc(OCCOC(=O)C4CC(C(=O)OCCOc5ccc(C(=O)Oc6ccc(C(=O)NC(C)c7ccccc7)cc6)cc5)CC(C(=O)OCCOc5ccc(C(=O)Oc6ccc(-c7ccc(OC)cc7)cc6)cc5)C4)cc3)cc2)cc1. The lowest BCUT2D eigenvalue weighted by atomic mass is 9.75. The van der Waals surface area contributed by atoms with Crippen LogP contribution in [-0.2, 0) is 28.6 Å². The fourth-order valence-electron chi connectivity index (χ4n) is 10.5. The Bertz CT molecular complexity index is 3890. The van der Waals surface area contributed by atoms with Crippen LogP contribution in [0.1, 0.15) is 79.2 Å². The molecule has 0 aliphatic heterocycles. The van der Waals surface area contributed by atoms with Gasteiger partial charge in [0, 0.05) is 5.56 Å². The van der Waals surface area contributed by atoms with Crippen LogP contribution in [0, 0.1) is 17.8 Å². The highest BCUT2D eigenvalue weighted by Crippen LogP contribution is 2.36. The van der Waals surface area contributed by atoms with Gasteiger partial charge >= 0.3 is 35.8 Å². The number of carbonyl (C=O) groups excluding carboxylic acids is 7. The second-order valence-corrected chi connectivity index (χ2v) is 22.2. The molecule has 96 heavy (non-hydrogen) atoms. The van der Waals surface area contributed by atoms with E-state index in [-0.39, 0.29) is 93.3 Å². The standard InChI is InChI=1S/C77H69NO18/c1-50(51-7-5-4-6-8-51)78-71(79)56-17-39-70(40-18-56)96-77(85)59-23-33-67(34-24-59)90-43-46-93-74(82)62-48-60(72(80)91-44-41-88-65-29-19-57(20-30-65)75(83)94-68-35-13-54(14-36-68)52-9-25-63(86-2)26-10-52)47-61(49-62)73(81)92-45-42-89-66-31-21-58(22-32-66)76(84)95-69-37-15-55(16-38-69)53-11-27-64(87-3)28-12-53/h4-40,50,60-62H,41-49H2,1-3H3,(H,78,79). The van der Waals surface area contributed by atoms with Gasteiger partial charge in [0.2, 0.25) is 0 Å². The minimum atomic E-state index is -0.892. The van der Waals surface area contributed by atoms with Crippen molar-refractivity contribution in [2.24, 2.45) is 17.8 Å². The van der Waals surface area contributed by atoms with E-state index in [1.165, 1.54) is 24.3 Å². The van der Waals surface area contributed by atoms with Crippen molar-refractivity contribution in [3.8, 4) is 68.2 Å². The highest BCUT2D eigenvalue weighted by Gasteiger charge is 2.41. The Morgan fingerprint density at radius 3 is 0.906 bits per heavy atom. The van der Waals surface area contributed by atoms with Crippen molar-refractivity contribution in [2.45, 2.75) is 32.2 Å². The molecular weight excluding hydrogens is 1230 g/mol. The van der Waals surface area contributed by atoms with Crippen molar-refractivity contribution < 1.29 is 85.7 Å². The lowest BCUT2D eigenvalue weighted by molar-refractivity contribution is -0.161. The molecule has 3 unspecified atom stereocenters. The Morgan fingerprint density at radius 2 is 0.604 bits per heavy atom. The minimum absolute atomic E-state index is 0.0299. The summed E-state index contributed by atoms with van der Waals surface area (Å²) < 4.78 is 61.6. The number of hydrogen-bond donors (Lipinski definition) is 1. The molecule has 9 aromatic carbocycles. The molecule has 0 saturated heterocycles. The minimum Gasteiger partial charge on any atom is -0.497 e. The second-order valence-electron chi connectivity index (χ2n) is 22.2. The van der Waals surface area contributed by atoms with E-state index in [0.29, 0.717) is 34.3 Å². The number of nitrogens with one attached hydrogen (secondary N) is 1. The maximum atomic E-state index is 13.7. The number of esters is 6. The quantitative estimate of drug-likeness (QED) is 0.0208. The molecule has 1 fully saturated rings. The van der Waals surface area contributed by atoms with Gasteiger partial charge in [-0.25, -0.2) is 14.4 Å². The molecule has 1 aliphatic carbocycles. The van der Waals surface area contributed by atoms with Crippen LogP contribution in [0.3, 0.4) is 0 Å². The van der Waals surface area contributed by atoms with E-state index in [4.69, 9.17) is 52.1 Å². The summed E-state index contributed by atoms with van der Waals surface area (Å²) in [5.41, 5.74) is 6.01. The van der Waals surface area contributed by atoms with E-state index in [0.717, 1.165) is 39.3 Å². The number of carbonyl (C=O) groups is 7. The molecule has 0 radical (unpaired) electrons. The topological polar surface area (TPSA) is 233 Å². The van der Waals surface area contributed by atoms with E-state index in [2.05, 4.69) is 5.32 Å². The molecule has 1 N–H and O–H groups in total. The number of methoxy groups -OCH3 is 2. The third-order valence-electron chi connectivity index (χ3n) is 15.7. The van der Waals surface area contributed by atoms with Crippen LogP contribution >= 0.6 is 0 Å². The van der Waals surface area contributed by atoms with Gasteiger partial charge in [-0.3, -0.25) is 19.2 Å². The predicted molar refractivity (Wildman–Crippen MR) is 354 cm³/mol. The van der Waals surface area contributed by atoms with Gasteiger partial charge in [0.1, 0.15) is 85.6 Å². The molecular formula is C77H69NO18. The van der Waals surface area contributed by atoms with Gasteiger partial charge in [-0.2, -0.15) is 0 Å². The molecule has 9 aromatic rings. The Kier molecular flexibility index (Phi) is 23.2. The second kappa shape index (κ2) is 33.2. The van der Waals surface area contributed by atoms with Crippen molar-refractivity contribution >= 4 is 41.7 Å². The predicted octanol–water partition coefficient (Wildman–Crippen LogP) is 13.4. The zero-order valence-corrected chi connectivity index (χ0v) is 52.9. The first-order valence-corrected chi connectivity index (χ1v) is 31.0. The summed E-state index contributed by atoms with van der Waals surface area (Å²) in [6.07, 6.45) is 0.0920. The van der Waals surface area contributed by atoms with Crippen LogP contribution in [0.5, 0.6) is 46.0 Å². The molecule has 1 saturated carbocycles.